The number of pyridine rings is 1. The van der Waals surface area contributed by atoms with Gasteiger partial charge >= 0.3 is 0 Å². The topological polar surface area (TPSA) is 55.6 Å². The van der Waals surface area contributed by atoms with Gasteiger partial charge in [-0.2, -0.15) is 0 Å². The average Bonchev–Trinajstić information content (AvgIpc) is 2.76. The summed E-state index contributed by atoms with van der Waals surface area (Å²) in [6.07, 6.45) is 5.68. The van der Waals surface area contributed by atoms with Gasteiger partial charge in [0.05, 0.1) is 11.7 Å². The Labute approximate surface area is 121 Å². The zero-order valence-corrected chi connectivity index (χ0v) is 12.8. The Morgan fingerprint density at radius 2 is 2.32 bits per heavy atom. The van der Waals surface area contributed by atoms with E-state index in [-0.39, 0.29) is 6.04 Å². The number of halogens is 1. The Hall–Kier alpha value is -1.27. The Morgan fingerprint density at radius 1 is 1.47 bits per heavy atom. The molecule has 0 aliphatic rings. The van der Waals surface area contributed by atoms with Gasteiger partial charge in [0, 0.05) is 19.4 Å². The van der Waals surface area contributed by atoms with Crippen LogP contribution in [-0.2, 0) is 13.5 Å². The van der Waals surface area contributed by atoms with Crippen molar-refractivity contribution in [2.24, 2.45) is 7.05 Å². The molecule has 0 fully saturated rings. The average molecular weight is 324 g/mol. The van der Waals surface area contributed by atoms with Crippen LogP contribution in [0, 0.1) is 0 Å². The summed E-state index contributed by atoms with van der Waals surface area (Å²) in [6, 6.07) is 4.31. The van der Waals surface area contributed by atoms with Crippen LogP contribution >= 0.6 is 15.9 Å². The zero-order valence-electron chi connectivity index (χ0n) is 11.2. The first-order chi connectivity index (χ1) is 9.22. The number of aromatic nitrogens is 4. The predicted molar refractivity (Wildman–Crippen MR) is 77.7 cm³/mol. The summed E-state index contributed by atoms with van der Waals surface area (Å²) >= 11 is 3.47. The third-order valence-electron chi connectivity index (χ3n) is 3.05. The van der Waals surface area contributed by atoms with Gasteiger partial charge in [-0.05, 0) is 46.9 Å². The van der Waals surface area contributed by atoms with Crippen molar-refractivity contribution in [1.29, 1.82) is 0 Å². The van der Waals surface area contributed by atoms with Gasteiger partial charge < -0.3 is 5.32 Å². The van der Waals surface area contributed by atoms with Crippen molar-refractivity contribution in [1.82, 2.24) is 25.3 Å². The van der Waals surface area contributed by atoms with Crippen LogP contribution < -0.4 is 5.32 Å². The molecule has 0 saturated carbocycles. The van der Waals surface area contributed by atoms with Gasteiger partial charge in [-0.1, -0.05) is 18.2 Å². The highest BCUT2D eigenvalue weighted by Gasteiger charge is 2.19. The molecule has 5 nitrogen and oxygen atoms in total. The van der Waals surface area contributed by atoms with Crippen molar-refractivity contribution in [2.45, 2.75) is 25.8 Å². The van der Waals surface area contributed by atoms with Crippen LogP contribution in [0.15, 0.2) is 29.1 Å². The summed E-state index contributed by atoms with van der Waals surface area (Å²) in [5, 5.41) is 11.6. The van der Waals surface area contributed by atoms with Gasteiger partial charge in [0.2, 0.25) is 0 Å². The molecule has 1 N–H and O–H groups in total. The predicted octanol–water partition coefficient (Wildman–Crippen LogP) is 2.26. The van der Waals surface area contributed by atoms with E-state index in [0.717, 1.165) is 29.7 Å². The highest BCUT2D eigenvalue weighted by molar-refractivity contribution is 9.10. The molecule has 6 heteroatoms. The molecule has 2 rings (SSSR count). The number of nitrogens with zero attached hydrogens (tertiary/aromatic N) is 4. The molecular formula is C13H18BrN5. The number of hydrogen-bond donors (Lipinski definition) is 1. The molecule has 102 valence electrons. The lowest BCUT2D eigenvalue weighted by Gasteiger charge is -2.18. The highest BCUT2D eigenvalue weighted by atomic mass is 79.9. The van der Waals surface area contributed by atoms with Crippen molar-refractivity contribution >= 4 is 15.9 Å². The van der Waals surface area contributed by atoms with Crippen molar-refractivity contribution in [3.63, 3.8) is 0 Å². The van der Waals surface area contributed by atoms with Gasteiger partial charge in [0.1, 0.15) is 0 Å². The maximum atomic E-state index is 4.15. The maximum Gasteiger partial charge on any atom is 0.153 e. The van der Waals surface area contributed by atoms with Crippen LogP contribution in [0.3, 0.4) is 0 Å². The number of aryl methyl sites for hydroxylation is 2. The molecule has 0 saturated heterocycles. The molecule has 0 bridgehead atoms. The minimum absolute atomic E-state index is 0.236. The second-order valence-corrected chi connectivity index (χ2v) is 5.15. The van der Waals surface area contributed by atoms with Crippen LogP contribution in [0.5, 0.6) is 0 Å². The monoisotopic (exact) mass is 323 g/mol. The van der Waals surface area contributed by atoms with Crippen LogP contribution in [-0.4, -0.2) is 26.5 Å². The molecule has 0 spiro atoms. The minimum Gasteiger partial charge on any atom is -0.309 e. The Balaban J connectivity index is 2.09. The van der Waals surface area contributed by atoms with E-state index in [9.17, 15) is 0 Å². The molecule has 0 aliphatic heterocycles. The third-order valence-corrected chi connectivity index (χ3v) is 3.62. The van der Waals surface area contributed by atoms with Gasteiger partial charge in [-0.15, -0.1) is 5.10 Å². The molecule has 2 heterocycles. The van der Waals surface area contributed by atoms with Crippen LogP contribution in [0.4, 0.5) is 0 Å². The normalized spacial score (nSPS) is 12.6. The fraction of sp³-hybridized carbons (Fsp3) is 0.462. The molecule has 19 heavy (non-hydrogen) atoms. The van der Waals surface area contributed by atoms with Crippen LogP contribution in [0.25, 0.3) is 0 Å². The second-order valence-electron chi connectivity index (χ2n) is 4.40. The molecule has 1 unspecified atom stereocenters. The van der Waals surface area contributed by atoms with E-state index >= 15 is 0 Å². The number of rotatable bonds is 6. The Bertz CT molecular complexity index is 492. The summed E-state index contributed by atoms with van der Waals surface area (Å²) in [5.74, 6) is 0. The van der Waals surface area contributed by atoms with Gasteiger partial charge in [0.15, 0.2) is 4.60 Å². The molecule has 2 aromatic rings. The molecule has 0 aromatic carbocycles. The van der Waals surface area contributed by atoms with E-state index in [2.05, 4.69) is 49.5 Å². The van der Waals surface area contributed by atoms with Gasteiger partial charge in [-0.25, -0.2) is 4.68 Å². The quantitative estimate of drug-likeness (QED) is 0.885. The zero-order chi connectivity index (χ0) is 13.7. The smallest absolute Gasteiger partial charge is 0.153 e. The first kappa shape index (κ1) is 14.1. The maximum absolute atomic E-state index is 4.15. The number of hydrogen-bond acceptors (Lipinski definition) is 4. The second kappa shape index (κ2) is 6.77. The van der Waals surface area contributed by atoms with Crippen molar-refractivity contribution in [3.8, 4) is 0 Å². The summed E-state index contributed by atoms with van der Waals surface area (Å²) < 4.78 is 2.63. The van der Waals surface area contributed by atoms with E-state index < -0.39 is 0 Å². The Kier molecular flexibility index (Phi) is 5.04. The third kappa shape index (κ3) is 3.61. The SMILES string of the molecule is CCNC(CCc1cccnc1)c1c(Br)nnn1C. The lowest BCUT2D eigenvalue weighted by molar-refractivity contribution is 0.478. The Morgan fingerprint density at radius 3 is 2.89 bits per heavy atom. The van der Waals surface area contributed by atoms with Crippen LogP contribution in [0.1, 0.15) is 30.6 Å². The largest absolute Gasteiger partial charge is 0.309 e. The van der Waals surface area contributed by atoms with Crippen molar-refractivity contribution in [2.75, 3.05) is 6.54 Å². The van der Waals surface area contributed by atoms with E-state index in [1.807, 2.05) is 24.0 Å². The first-order valence-electron chi connectivity index (χ1n) is 6.39. The minimum atomic E-state index is 0.236. The van der Waals surface area contributed by atoms with Gasteiger partial charge in [-0.3, -0.25) is 4.98 Å². The van der Waals surface area contributed by atoms with Gasteiger partial charge in [0.25, 0.3) is 0 Å². The number of nitrogens with one attached hydrogen (secondary N) is 1. The molecule has 1 atom stereocenters. The van der Waals surface area contributed by atoms with Crippen LogP contribution in [0.2, 0.25) is 0 Å². The standard InChI is InChI=1S/C13H18BrN5/c1-3-16-11(12-13(14)17-18-19(12)2)7-6-10-5-4-8-15-9-10/h4-5,8-9,11,16H,3,6-7H2,1-2H3. The molecule has 2 aromatic heterocycles. The van der Waals surface area contributed by atoms with E-state index in [4.69, 9.17) is 0 Å². The fourth-order valence-corrected chi connectivity index (χ4v) is 2.75. The molecule has 0 aliphatic carbocycles. The fourth-order valence-electron chi connectivity index (χ4n) is 2.15. The first-order valence-corrected chi connectivity index (χ1v) is 7.19. The molecular weight excluding hydrogens is 306 g/mol. The summed E-state index contributed by atoms with van der Waals surface area (Å²) in [7, 11) is 1.92. The summed E-state index contributed by atoms with van der Waals surface area (Å²) in [5.41, 5.74) is 2.34. The van der Waals surface area contributed by atoms with E-state index in [0.29, 0.717) is 0 Å². The van der Waals surface area contributed by atoms with E-state index in [1.165, 1.54) is 5.56 Å². The summed E-state index contributed by atoms with van der Waals surface area (Å²) in [4.78, 5) is 4.15. The van der Waals surface area contributed by atoms with Crippen molar-refractivity contribution in [3.05, 3.63) is 40.4 Å². The molecule has 0 amide bonds. The van der Waals surface area contributed by atoms with Crippen molar-refractivity contribution < 1.29 is 0 Å². The molecule has 0 radical (unpaired) electrons. The highest BCUT2D eigenvalue weighted by Crippen LogP contribution is 2.24. The lowest BCUT2D eigenvalue weighted by atomic mass is 10.0. The van der Waals surface area contributed by atoms with E-state index in [1.54, 1.807) is 6.20 Å². The lowest BCUT2D eigenvalue weighted by Crippen LogP contribution is -2.24. The summed E-state index contributed by atoms with van der Waals surface area (Å²) in [6.45, 7) is 3.02.